The van der Waals surface area contributed by atoms with E-state index in [-0.39, 0.29) is 5.69 Å². The van der Waals surface area contributed by atoms with Gasteiger partial charge in [-0.1, -0.05) is 12.1 Å². The van der Waals surface area contributed by atoms with Gasteiger partial charge in [0, 0.05) is 34.3 Å². The van der Waals surface area contributed by atoms with Crippen LogP contribution in [0.4, 0.5) is 22.7 Å². The van der Waals surface area contributed by atoms with Crippen LogP contribution in [0.5, 0.6) is 0 Å². The van der Waals surface area contributed by atoms with Crippen molar-refractivity contribution in [2.24, 2.45) is 0 Å². The Labute approximate surface area is 172 Å². The lowest BCUT2D eigenvalue weighted by Crippen LogP contribution is -2.09. The summed E-state index contributed by atoms with van der Waals surface area (Å²) < 4.78 is 25.2. The van der Waals surface area contributed by atoms with Crippen LogP contribution in [-0.4, -0.2) is 24.6 Å². The smallest absolute Gasteiger partial charge is 0.271 e. The lowest BCUT2D eigenvalue weighted by molar-refractivity contribution is -0.384. The SMILES string of the molecule is Cc1ccc2c(Nc3ccc(NS(C)(=O)=O)cc3)c3ccc([N+](=O)[O-])cc3nc2c1. The van der Waals surface area contributed by atoms with Gasteiger partial charge in [-0.15, -0.1) is 0 Å². The van der Waals surface area contributed by atoms with Crippen LogP contribution >= 0.6 is 0 Å². The van der Waals surface area contributed by atoms with Gasteiger partial charge in [-0.25, -0.2) is 13.4 Å². The first kappa shape index (κ1) is 19.6. The standard InChI is InChI=1S/C21H18N4O4S/c1-13-3-9-17-19(11-13)23-20-12-16(25(26)27)8-10-18(20)21(17)22-14-4-6-15(7-5-14)24-30(2,28)29/h3-12,24H,1-2H3,(H,22,23). The van der Waals surface area contributed by atoms with E-state index in [1.807, 2.05) is 25.1 Å². The minimum atomic E-state index is -3.36. The van der Waals surface area contributed by atoms with Crippen molar-refractivity contribution in [3.05, 3.63) is 76.3 Å². The molecule has 0 amide bonds. The molecule has 4 aromatic rings. The first-order valence-corrected chi connectivity index (χ1v) is 10.9. The predicted molar refractivity (Wildman–Crippen MR) is 119 cm³/mol. The second-order valence-electron chi connectivity index (χ2n) is 7.04. The van der Waals surface area contributed by atoms with E-state index >= 15 is 0 Å². The van der Waals surface area contributed by atoms with E-state index in [0.717, 1.165) is 39.5 Å². The largest absolute Gasteiger partial charge is 0.354 e. The highest BCUT2D eigenvalue weighted by molar-refractivity contribution is 7.92. The van der Waals surface area contributed by atoms with Gasteiger partial charge in [-0.2, -0.15) is 0 Å². The Morgan fingerprint density at radius 2 is 1.50 bits per heavy atom. The van der Waals surface area contributed by atoms with Gasteiger partial charge < -0.3 is 5.32 Å². The number of rotatable bonds is 5. The number of pyridine rings is 1. The van der Waals surface area contributed by atoms with Gasteiger partial charge in [-0.3, -0.25) is 14.8 Å². The molecule has 1 heterocycles. The molecule has 2 N–H and O–H groups in total. The van der Waals surface area contributed by atoms with Crippen LogP contribution in [-0.2, 0) is 10.0 Å². The summed E-state index contributed by atoms with van der Waals surface area (Å²) >= 11 is 0. The molecule has 3 aromatic carbocycles. The van der Waals surface area contributed by atoms with Crippen LogP contribution in [0.1, 0.15) is 5.56 Å². The number of non-ortho nitro benzene ring substituents is 1. The molecule has 0 unspecified atom stereocenters. The van der Waals surface area contributed by atoms with Crippen molar-refractivity contribution in [2.75, 3.05) is 16.3 Å². The van der Waals surface area contributed by atoms with Crippen LogP contribution in [0.15, 0.2) is 60.7 Å². The zero-order chi connectivity index (χ0) is 21.5. The van der Waals surface area contributed by atoms with Gasteiger partial charge in [0.05, 0.1) is 27.9 Å². The summed E-state index contributed by atoms with van der Waals surface area (Å²) in [7, 11) is -3.36. The summed E-state index contributed by atoms with van der Waals surface area (Å²) in [6, 6.07) is 17.3. The van der Waals surface area contributed by atoms with Crippen molar-refractivity contribution < 1.29 is 13.3 Å². The number of anilines is 3. The zero-order valence-corrected chi connectivity index (χ0v) is 17.0. The van der Waals surface area contributed by atoms with E-state index in [4.69, 9.17) is 0 Å². The fraction of sp³-hybridized carbons (Fsp3) is 0.0952. The molecule has 0 spiro atoms. The Morgan fingerprint density at radius 3 is 2.13 bits per heavy atom. The molecule has 0 saturated heterocycles. The normalized spacial score (nSPS) is 11.5. The average molecular weight is 422 g/mol. The number of sulfonamides is 1. The van der Waals surface area contributed by atoms with E-state index in [1.165, 1.54) is 12.1 Å². The van der Waals surface area contributed by atoms with Gasteiger partial charge in [0.25, 0.3) is 5.69 Å². The van der Waals surface area contributed by atoms with Crippen molar-refractivity contribution >= 4 is 54.6 Å². The molecule has 0 atom stereocenters. The van der Waals surface area contributed by atoms with Crippen LogP contribution in [0.2, 0.25) is 0 Å². The molecule has 8 nitrogen and oxygen atoms in total. The Bertz CT molecular complexity index is 1400. The number of aromatic nitrogens is 1. The molecular weight excluding hydrogens is 404 g/mol. The molecule has 0 saturated carbocycles. The fourth-order valence-corrected chi connectivity index (χ4v) is 3.84. The van der Waals surface area contributed by atoms with Crippen LogP contribution in [0.25, 0.3) is 21.8 Å². The maximum Gasteiger partial charge on any atom is 0.271 e. The number of nitro benzene ring substituents is 1. The van der Waals surface area contributed by atoms with Crippen molar-refractivity contribution in [1.29, 1.82) is 0 Å². The molecule has 0 radical (unpaired) electrons. The van der Waals surface area contributed by atoms with Crippen molar-refractivity contribution in [3.63, 3.8) is 0 Å². The van der Waals surface area contributed by atoms with Crippen LogP contribution < -0.4 is 10.0 Å². The van der Waals surface area contributed by atoms with E-state index < -0.39 is 14.9 Å². The molecule has 9 heteroatoms. The first-order valence-electron chi connectivity index (χ1n) is 9.03. The third kappa shape index (κ3) is 4.01. The molecule has 1 aromatic heterocycles. The van der Waals surface area contributed by atoms with Gasteiger partial charge in [0.15, 0.2) is 0 Å². The van der Waals surface area contributed by atoms with E-state index in [1.54, 1.807) is 30.3 Å². The van der Waals surface area contributed by atoms with Crippen molar-refractivity contribution in [2.45, 2.75) is 6.92 Å². The molecule has 0 aliphatic rings. The maximum atomic E-state index is 11.4. The van der Waals surface area contributed by atoms with Gasteiger partial charge in [-0.05, 0) is 48.9 Å². The highest BCUT2D eigenvalue weighted by Crippen LogP contribution is 2.35. The van der Waals surface area contributed by atoms with Crippen LogP contribution in [0.3, 0.4) is 0 Å². The van der Waals surface area contributed by atoms with Gasteiger partial charge in [0.1, 0.15) is 0 Å². The Kier molecular flexibility index (Phi) is 4.75. The monoisotopic (exact) mass is 422 g/mol. The highest BCUT2D eigenvalue weighted by atomic mass is 32.2. The second-order valence-corrected chi connectivity index (χ2v) is 8.79. The maximum absolute atomic E-state index is 11.4. The summed E-state index contributed by atoms with van der Waals surface area (Å²) in [5, 5.41) is 16.2. The molecule has 30 heavy (non-hydrogen) atoms. The van der Waals surface area contributed by atoms with E-state index in [2.05, 4.69) is 15.0 Å². The first-order chi connectivity index (χ1) is 14.2. The third-order valence-corrected chi connectivity index (χ3v) is 5.19. The number of nitrogens with zero attached hydrogens (tertiary/aromatic N) is 2. The van der Waals surface area contributed by atoms with Crippen molar-refractivity contribution in [3.8, 4) is 0 Å². The molecule has 4 rings (SSSR count). The number of aryl methyl sites for hydroxylation is 1. The van der Waals surface area contributed by atoms with Crippen molar-refractivity contribution in [1.82, 2.24) is 4.98 Å². The minimum absolute atomic E-state index is 0.0239. The average Bonchev–Trinajstić information content (AvgIpc) is 2.67. The molecule has 0 fully saturated rings. The number of nitrogens with one attached hydrogen (secondary N) is 2. The molecule has 0 aliphatic carbocycles. The summed E-state index contributed by atoms with van der Waals surface area (Å²) in [6.07, 6.45) is 1.09. The van der Waals surface area contributed by atoms with Gasteiger partial charge in [0.2, 0.25) is 10.0 Å². The van der Waals surface area contributed by atoms with Crippen LogP contribution in [0, 0.1) is 17.0 Å². The van der Waals surface area contributed by atoms with Gasteiger partial charge >= 0.3 is 0 Å². The molecule has 0 aliphatic heterocycles. The number of fused-ring (bicyclic) bond motifs is 2. The Balaban J connectivity index is 1.84. The number of nitro groups is 1. The predicted octanol–water partition coefficient (Wildman–Crippen LogP) is 4.72. The minimum Gasteiger partial charge on any atom is -0.354 e. The molecular formula is C21H18N4O4S. The topological polar surface area (TPSA) is 114 Å². The summed E-state index contributed by atoms with van der Waals surface area (Å²) in [5.74, 6) is 0. The lowest BCUT2D eigenvalue weighted by atomic mass is 10.1. The Hall–Kier alpha value is -3.72. The summed E-state index contributed by atoms with van der Waals surface area (Å²) in [4.78, 5) is 15.4. The number of hydrogen-bond donors (Lipinski definition) is 2. The van der Waals surface area contributed by atoms with E-state index in [0.29, 0.717) is 11.2 Å². The quantitative estimate of drug-likeness (QED) is 0.273. The summed E-state index contributed by atoms with van der Waals surface area (Å²) in [5.41, 5.74) is 4.21. The zero-order valence-electron chi connectivity index (χ0n) is 16.2. The summed E-state index contributed by atoms with van der Waals surface area (Å²) in [6.45, 7) is 1.96. The number of benzene rings is 3. The molecule has 152 valence electrons. The molecule has 0 bridgehead atoms. The van der Waals surface area contributed by atoms with E-state index in [9.17, 15) is 18.5 Å². The second kappa shape index (κ2) is 7.27. The Morgan fingerprint density at radius 1 is 0.900 bits per heavy atom. The lowest BCUT2D eigenvalue weighted by Gasteiger charge is -2.14. The number of hydrogen-bond acceptors (Lipinski definition) is 6. The highest BCUT2D eigenvalue weighted by Gasteiger charge is 2.14. The third-order valence-electron chi connectivity index (χ3n) is 4.58. The fourth-order valence-electron chi connectivity index (χ4n) is 3.27.